The van der Waals surface area contributed by atoms with Crippen molar-refractivity contribution in [2.45, 2.75) is 18.9 Å². The maximum absolute atomic E-state index is 12.9. The van der Waals surface area contributed by atoms with Crippen molar-refractivity contribution in [3.8, 4) is 11.3 Å². The first-order valence-electron chi connectivity index (χ1n) is 9.25. The first-order valence-corrected chi connectivity index (χ1v) is 9.25. The highest BCUT2D eigenvalue weighted by molar-refractivity contribution is 6.07. The Morgan fingerprint density at radius 1 is 1.17 bits per heavy atom. The number of anilines is 3. The molecule has 0 saturated carbocycles. The Hall–Kier alpha value is -3.66. The Labute approximate surface area is 167 Å². The minimum Gasteiger partial charge on any atom is -0.382 e. The molecule has 10 heteroatoms. The van der Waals surface area contributed by atoms with E-state index in [9.17, 15) is 4.79 Å². The van der Waals surface area contributed by atoms with Gasteiger partial charge < -0.3 is 21.7 Å². The summed E-state index contributed by atoms with van der Waals surface area (Å²) >= 11 is 0. The highest BCUT2D eigenvalue weighted by atomic mass is 16.1. The van der Waals surface area contributed by atoms with E-state index in [0.29, 0.717) is 16.9 Å². The van der Waals surface area contributed by atoms with Crippen LogP contribution in [0.4, 0.5) is 17.2 Å². The van der Waals surface area contributed by atoms with Gasteiger partial charge in [-0.15, -0.1) is 0 Å². The van der Waals surface area contributed by atoms with E-state index in [0.717, 1.165) is 31.6 Å². The molecule has 1 aliphatic heterocycles. The van der Waals surface area contributed by atoms with Crippen LogP contribution in [-0.4, -0.2) is 50.0 Å². The Morgan fingerprint density at radius 3 is 2.79 bits per heavy atom. The fourth-order valence-corrected chi connectivity index (χ4v) is 3.31. The molecule has 1 aliphatic rings. The molecule has 0 radical (unpaired) electrons. The lowest BCUT2D eigenvalue weighted by atomic mass is 10.1. The largest absolute Gasteiger partial charge is 0.382 e. The van der Waals surface area contributed by atoms with Crippen molar-refractivity contribution < 1.29 is 4.79 Å². The summed E-state index contributed by atoms with van der Waals surface area (Å²) in [6.45, 7) is 1.59. The van der Waals surface area contributed by atoms with Crippen molar-refractivity contribution in [1.29, 1.82) is 0 Å². The van der Waals surface area contributed by atoms with Crippen LogP contribution < -0.4 is 21.7 Å². The first-order chi connectivity index (χ1) is 14.1. The minimum atomic E-state index is -0.468. The number of pyridine rings is 1. The number of aromatic nitrogens is 5. The van der Waals surface area contributed by atoms with Crippen LogP contribution >= 0.6 is 0 Å². The number of carbonyl (C=O) groups excluding carboxylic acids is 1. The molecule has 10 nitrogen and oxygen atoms in total. The maximum Gasteiger partial charge on any atom is 0.278 e. The van der Waals surface area contributed by atoms with Gasteiger partial charge in [0.25, 0.3) is 5.91 Å². The number of nitrogens with one attached hydrogen (secondary N) is 1. The second-order valence-electron chi connectivity index (χ2n) is 6.81. The van der Waals surface area contributed by atoms with Crippen LogP contribution in [0.2, 0.25) is 0 Å². The topological polar surface area (TPSA) is 149 Å². The highest BCUT2D eigenvalue weighted by Crippen LogP contribution is 2.28. The molecule has 1 fully saturated rings. The van der Waals surface area contributed by atoms with E-state index >= 15 is 0 Å². The van der Waals surface area contributed by atoms with Gasteiger partial charge in [-0.1, -0.05) is 0 Å². The fourth-order valence-electron chi connectivity index (χ4n) is 3.31. The smallest absolute Gasteiger partial charge is 0.278 e. The maximum atomic E-state index is 12.9. The molecule has 1 saturated heterocycles. The number of rotatable bonds is 4. The standard InChI is InChI=1S/C19H21N9O/c20-13-2-1-5-28(10-13)16-3-4-22-8-15(16)27-19(29)17-18(21)25-9-14(26-17)12-6-23-11-24-7-12/h3-4,6-9,11,13H,1-2,5,10,20H2,(H2,21,25)(H,27,29). The Kier molecular flexibility index (Phi) is 5.25. The number of nitrogens with two attached hydrogens (primary N) is 2. The molecule has 3 aromatic rings. The molecular formula is C19H21N9O. The van der Waals surface area contributed by atoms with E-state index in [1.807, 2.05) is 6.07 Å². The van der Waals surface area contributed by atoms with Crippen LogP contribution in [0.25, 0.3) is 11.3 Å². The molecule has 4 heterocycles. The molecular weight excluding hydrogens is 370 g/mol. The van der Waals surface area contributed by atoms with Crippen molar-refractivity contribution in [3.63, 3.8) is 0 Å². The van der Waals surface area contributed by atoms with Crippen LogP contribution in [0, 0.1) is 0 Å². The van der Waals surface area contributed by atoms with Crippen LogP contribution in [0.1, 0.15) is 23.3 Å². The van der Waals surface area contributed by atoms with Gasteiger partial charge in [-0.05, 0) is 18.9 Å². The third-order valence-electron chi connectivity index (χ3n) is 4.72. The van der Waals surface area contributed by atoms with E-state index in [4.69, 9.17) is 11.5 Å². The Morgan fingerprint density at radius 2 is 2.00 bits per heavy atom. The summed E-state index contributed by atoms with van der Waals surface area (Å²) in [5.74, 6) is -0.433. The lowest BCUT2D eigenvalue weighted by molar-refractivity contribution is 0.102. The molecule has 0 spiro atoms. The Balaban J connectivity index is 1.61. The molecule has 1 unspecified atom stereocenters. The van der Waals surface area contributed by atoms with Gasteiger partial charge in [0, 0.05) is 43.3 Å². The second-order valence-corrected chi connectivity index (χ2v) is 6.81. The molecule has 0 aliphatic carbocycles. The lowest BCUT2D eigenvalue weighted by Crippen LogP contribution is -2.43. The third kappa shape index (κ3) is 4.11. The molecule has 1 amide bonds. The van der Waals surface area contributed by atoms with E-state index < -0.39 is 5.91 Å². The number of amides is 1. The molecule has 1 atom stereocenters. The summed E-state index contributed by atoms with van der Waals surface area (Å²) in [6, 6.07) is 1.97. The molecule has 4 rings (SSSR count). The molecule has 3 aromatic heterocycles. The van der Waals surface area contributed by atoms with Gasteiger partial charge in [0.2, 0.25) is 0 Å². The number of hydrogen-bond donors (Lipinski definition) is 3. The van der Waals surface area contributed by atoms with Crippen LogP contribution in [-0.2, 0) is 0 Å². The van der Waals surface area contributed by atoms with Crippen molar-refractivity contribution in [1.82, 2.24) is 24.9 Å². The highest BCUT2D eigenvalue weighted by Gasteiger charge is 2.22. The quantitative estimate of drug-likeness (QED) is 0.594. The van der Waals surface area contributed by atoms with Crippen LogP contribution in [0.15, 0.2) is 43.4 Å². The molecule has 0 aromatic carbocycles. The van der Waals surface area contributed by atoms with E-state index in [-0.39, 0.29) is 17.6 Å². The van der Waals surface area contributed by atoms with E-state index in [1.54, 1.807) is 24.8 Å². The lowest BCUT2D eigenvalue weighted by Gasteiger charge is -2.33. The molecule has 5 N–H and O–H groups in total. The van der Waals surface area contributed by atoms with E-state index in [1.165, 1.54) is 12.5 Å². The molecule has 29 heavy (non-hydrogen) atoms. The summed E-state index contributed by atoms with van der Waals surface area (Å²) in [4.78, 5) is 35.6. The number of hydrogen-bond acceptors (Lipinski definition) is 9. The zero-order valence-electron chi connectivity index (χ0n) is 15.7. The van der Waals surface area contributed by atoms with Gasteiger partial charge in [0.05, 0.1) is 29.5 Å². The molecule has 148 valence electrons. The fraction of sp³-hybridized carbons (Fsp3) is 0.263. The van der Waals surface area contributed by atoms with Crippen molar-refractivity contribution in [2.75, 3.05) is 29.0 Å². The number of nitrogens with zero attached hydrogens (tertiary/aromatic N) is 6. The second kappa shape index (κ2) is 8.15. The van der Waals surface area contributed by atoms with Crippen molar-refractivity contribution >= 4 is 23.1 Å². The third-order valence-corrected chi connectivity index (χ3v) is 4.72. The summed E-state index contributed by atoms with van der Waals surface area (Å²) in [7, 11) is 0. The van der Waals surface area contributed by atoms with Crippen LogP contribution in [0.3, 0.4) is 0 Å². The Bertz CT molecular complexity index is 1010. The average molecular weight is 391 g/mol. The van der Waals surface area contributed by atoms with Gasteiger partial charge >= 0.3 is 0 Å². The minimum absolute atomic E-state index is 0.0245. The number of carbonyl (C=O) groups is 1. The van der Waals surface area contributed by atoms with Gasteiger partial charge in [-0.3, -0.25) is 9.78 Å². The van der Waals surface area contributed by atoms with Gasteiger partial charge in [-0.25, -0.2) is 19.9 Å². The van der Waals surface area contributed by atoms with E-state index in [2.05, 4.69) is 35.1 Å². The van der Waals surface area contributed by atoms with Crippen LogP contribution in [0.5, 0.6) is 0 Å². The SMILES string of the molecule is Nc1ncc(-c2cncnc2)nc1C(=O)Nc1cnccc1N1CCCC(N)C1. The number of piperidine rings is 1. The first kappa shape index (κ1) is 18.7. The van der Waals surface area contributed by atoms with Gasteiger partial charge in [-0.2, -0.15) is 0 Å². The zero-order valence-corrected chi connectivity index (χ0v) is 15.7. The monoisotopic (exact) mass is 391 g/mol. The van der Waals surface area contributed by atoms with Gasteiger partial charge in [0.15, 0.2) is 11.5 Å². The predicted molar refractivity (Wildman–Crippen MR) is 109 cm³/mol. The average Bonchev–Trinajstić information content (AvgIpc) is 2.75. The normalized spacial score (nSPS) is 16.4. The predicted octanol–water partition coefficient (Wildman–Crippen LogP) is 1.09. The summed E-state index contributed by atoms with van der Waals surface area (Å²) in [5.41, 5.74) is 14.6. The summed E-state index contributed by atoms with van der Waals surface area (Å²) in [5, 5.41) is 2.86. The summed E-state index contributed by atoms with van der Waals surface area (Å²) in [6.07, 6.45) is 11.4. The zero-order chi connectivity index (χ0) is 20.2. The van der Waals surface area contributed by atoms with Crippen molar-refractivity contribution in [2.24, 2.45) is 5.73 Å². The van der Waals surface area contributed by atoms with Crippen molar-refractivity contribution in [3.05, 3.63) is 49.1 Å². The summed E-state index contributed by atoms with van der Waals surface area (Å²) < 4.78 is 0. The van der Waals surface area contributed by atoms with Gasteiger partial charge in [0.1, 0.15) is 6.33 Å². The molecule has 0 bridgehead atoms. The number of nitrogen functional groups attached to an aromatic ring is 1.